The number of carbonyl (C=O) groups excluding carboxylic acids is 1. The molecule has 0 atom stereocenters. The zero-order valence-corrected chi connectivity index (χ0v) is 17.9. The van der Waals surface area contributed by atoms with Crippen LogP contribution in [0, 0.1) is 11.6 Å². The molecule has 8 heteroatoms. The van der Waals surface area contributed by atoms with Crippen LogP contribution in [0.1, 0.15) is 23.7 Å². The molecular weight excluding hydrogens is 430 g/mol. The fraction of sp³-hybridized carbons (Fsp3) is 0.200. The van der Waals surface area contributed by atoms with Crippen molar-refractivity contribution >= 4 is 16.9 Å². The molecule has 2 aromatic carbocycles. The number of fused-ring (bicyclic) bond motifs is 1. The predicted molar refractivity (Wildman–Crippen MR) is 118 cm³/mol. The monoisotopic (exact) mass is 452 g/mol. The average molecular weight is 452 g/mol. The second kappa shape index (κ2) is 9.79. The lowest BCUT2D eigenvalue weighted by molar-refractivity contribution is -0.142. The number of hydrogen-bond donors (Lipinski definition) is 1. The third-order valence-corrected chi connectivity index (χ3v) is 5.14. The molecule has 0 bridgehead atoms. The molecule has 2 N–H and O–H groups in total. The van der Waals surface area contributed by atoms with Gasteiger partial charge in [-0.05, 0) is 42.8 Å². The SMILES string of the molecule is CCOC(=O)Cc1ccc(F)cc1OCc1cc(-c2ccnc(CN)c2)c2occc2c1F. The van der Waals surface area contributed by atoms with Gasteiger partial charge in [-0.1, -0.05) is 6.07 Å². The van der Waals surface area contributed by atoms with E-state index in [1.165, 1.54) is 30.5 Å². The first kappa shape index (κ1) is 22.4. The van der Waals surface area contributed by atoms with Crippen molar-refractivity contribution in [2.24, 2.45) is 5.73 Å². The summed E-state index contributed by atoms with van der Waals surface area (Å²) < 4.78 is 45.4. The summed E-state index contributed by atoms with van der Waals surface area (Å²) in [7, 11) is 0. The lowest BCUT2D eigenvalue weighted by Crippen LogP contribution is -2.09. The molecule has 0 fully saturated rings. The van der Waals surface area contributed by atoms with Gasteiger partial charge in [-0.3, -0.25) is 9.78 Å². The number of nitrogens with two attached hydrogens (primary N) is 1. The molecule has 0 saturated heterocycles. The van der Waals surface area contributed by atoms with Crippen LogP contribution >= 0.6 is 0 Å². The van der Waals surface area contributed by atoms with E-state index in [0.29, 0.717) is 27.8 Å². The van der Waals surface area contributed by atoms with Gasteiger partial charge in [0, 0.05) is 35.5 Å². The van der Waals surface area contributed by atoms with Gasteiger partial charge in [-0.2, -0.15) is 0 Å². The highest BCUT2D eigenvalue weighted by Crippen LogP contribution is 2.34. The second-order valence-corrected chi connectivity index (χ2v) is 7.32. The van der Waals surface area contributed by atoms with Gasteiger partial charge in [-0.25, -0.2) is 8.78 Å². The third-order valence-electron chi connectivity index (χ3n) is 5.14. The summed E-state index contributed by atoms with van der Waals surface area (Å²) in [4.78, 5) is 16.1. The topological polar surface area (TPSA) is 87.6 Å². The van der Waals surface area contributed by atoms with Gasteiger partial charge in [0.25, 0.3) is 0 Å². The molecule has 0 saturated carbocycles. The van der Waals surface area contributed by atoms with E-state index in [-0.39, 0.29) is 37.5 Å². The Morgan fingerprint density at radius 2 is 1.97 bits per heavy atom. The molecule has 2 aromatic heterocycles. The van der Waals surface area contributed by atoms with Crippen LogP contribution in [0.25, 0.3) is 22.1 Å². The maximum Gasteiger partial charge on any atom is 0.310 e. The van der Waals surface area contributed by atoms with Crippen molar-refractivity contribution in [3.8, 4) is 16.9 Å². The quantitative estimate of drug-likeness (QED) is 0.382. The van der Waals surface area contributed by atoms with Gasteiger partial charge in [0.15, 0.2) is 0 Å². The van der Waals surface area contributed by atoms with Crippen molar-refractivity contribution < 1.29 is 27.5 Å². The maximum atomic E-state index is 15.2. The Kier molecular flexibility index (Phi) is 6.65. The molecule has 4 aromatic rings. The molecular formula is C25H22F2N2O4. The Hall–Kier alpha value is -3.78. The molecule has 6 nitrogen and oxygen atoms in total. The van der Waals surface area contributed by atoms with E-state index in [0.717, 1.165) is 5.56 Å². The van der Waals surface area contributed by atoms with Crippen molar-refractivity contribution in [1.82, 2.24) is 4.98 Å². The zero-order valence-electron chi connectivity index (χ0n) is 17.9. The Balaban J connectivity index is 1.68. The van der Waals surface area contributed by atoms with Crippen LogP contribution in [0.2, 0.25) is 0 Å². The number of nitrogens with zero attached hydrogens (tertiary/aromatic N) is 1. The molecule has 2 heterocycles. The van der Waals surface area contributed by atoms with Crippen molar-refractivity contribution in [1.29, 1.82) is 0 Å². The van der Waals surface area contributed by atoms with E-state index in [1.54, 1.807) is 25.3 Å². The second-order valence-electron chi connectivity index (χ2n) is 7.32. The zero-order chi connectivity index (χ0) is 23.4. The first-order valence-corrected chi connectivity index (χ1v) is 10.4. The first-order chi connectivity index (χ1) is 16.0. The van der Waals surface area contributed by atoms with E-state index < -0.39 is 17.6 Å². The van der Waals surface area contributed by atoms with Gasteiger partial charge in [0.2, 0.25) is 0 Å². The van der Waals surface area contributed by atoms with Gasteiger partial charge < -0.3 is 19.6 Å². The molecule has 4 rings (SSSR count). The van der Waals surface area contributed by atoms with E-state index in [4.69, 9.17) is 19.6 Å². The smallest absolute Gasteiger partial charge is 0.310 e. The Morgan fingerprint density at radius 3 is 2.76 bits per heavy atom. The number of aromatic nitrogens is 1. The molecule has 33 heavy (non-hydrogen) atoms. The van der Waals surface area contributed by atoms with Crippen LogP contribution in [0.15, 0.2) is 59.3 Å². The first-order valence-electron chi connectivity index (χ1n) is 10.4. The molecule has 0 spiro atoms. The number of halogens is 2. The minimum atomic E-state index is -0.532. The van der Waals surface area contributed by atoms with Crippen LogP contribution < -0.4 is 10.5 Å². The summed E-state index contributed by atoms with van der Waals surface area (Å²) in [6, 6.07) is 10.6. The summed E-state index contributed by atoms with van der Waals surface area (Å²) in [6.45, 7) is 2.00. The summed E-state index contributed by atoms with van der Waals surface area (Å²) in [5.41, 5.74) is 8.88. The molecule has 0 aliphatic rings. The standard InChI is InChI=1S/C25H22F2N2O4/c1-2-31-23(30)11-16-3-4-18(26)12-22(16)33-14-17-10-21(15-5-7-29-19(9-15)13-28)25-20(24(17)27)6-8-32-25/h3-10,12H,2,11,13-14,28H2,1H3. The Labute approximate surface area is 188 Å². The highest BCUT2D eigenvalue weighted by Gasteiger charge is 2.18. The number of benzene rings is 2. The normalized spacial score (nSPS) is 11.0. The van der Waals surface area contributed by atoms with E-state index in [1.807, 2.05) is 6.07 Å². The minimum absolute atomic E-state index is 0.0865. The summed E-state index contributed by atoms with van der Waals surface area (Å²) in [6.07, 6.45) is 2.95. The van der Waals surface area contributed by atoms with Crippen LogP contribution in [0.4, 0.5) is 8.78 Å². The number of furan rings is 1. The van der Waals surface area contributed by atoms with Gasteiger partial charge >= 0.3 is 5.97 Å². The fourth-order valence-corrected chi connectivity index (χ4v) is 3.58. The number of carbonyl (C=O) groups is 1. The average Bonchev–Trinajstić information content (AvgIpc) is 3.31. The summed E-state index contributed by atoms with van der Waals surface area (Å²) in [5, 5.41) is 0.295. The van der Waals surface area contributed by atoms with Crippen LogP contribution in [-0.4, -0.2) is 17.6 Å². The molecule has 170 valence electrons. The van der Waals surface area contributed by atoms with Gasteiger partial charge in [-0.15, -0.1) is 0 Å². The number of rotatable bonds is 8. The Morgan fingerprint density at radius 1 is 1.12 bits per heavy atom. The lowest BCUT2D eigenvalue weighted by Gasteiger charge is -2.14. The van der Waals surface area contributed by atoms with Crippen molar-refractivity contribution in [2.75, 3.05) is 6.61 Å². The molecule has 0 radical (unpaired) electrons. The highest BCUT2D eigenvalue weighted by molar-refractivity contribution is 5.93. The summed E-state index contributed by atoms with van der Waals surface area (Å²) in [5.74, 6) is -1.35. The van der Waals surface area contributed by atoms with E-state index in [9.17, 15) is 9.18 Å². The van der Waals surface area contributed by atoms with Crippen LogP contribution in [0.3, 0.4) is 0 Å². The number of esters is 1. The van der Waals surface area contributed by atoms with E-state index in [2.05, 4.69) is 4.98 Å². The fourth-order valence-electron chi connectivity index (χ4n) is 3.58. The number of pyridine rings is 1. The van der Waals surface area contributed by atoms with Crippen molar-refractivity contribution in [3.05, 3.63) is 83.4 Å². The summed E-state index contributed by atoms with van der Waals surface area (Å²) >= 11 is 0. The molecule has 0 aliphatic carbocycles. The van der Waals surface area contributed by atoms with Gasteiger partial charge in [0.1, 0.15) is 29.6 Å². The van der Waals surface area contributed by atoms with Gasteiger partial charge in [0.05, 0.1) is 30.4 Å². The maximum absolute atomic E-state index is 15.2. The van der Waals surface area contributed by atoms with Crippen LogP contribution in [0.5, 0.6) is 5.75 Å². The lowest BCUT2D eigenvalue weighted by atomic mass is 10.00. The third kappa shape index (κ3) is 4.85. The number of hydrogen-bond acceptors (Lipinski definition) is 6. The van der Waals surface area contributed by atoms with E-state index >= 15 is 4.39 Å². The van der Waals surface area contributed by atoms with Crippen molar-refractivity contribution in [3.63, 3.8) is 0 Å². The molecule has 0 unspecified atom stereocenters. The minimum Gasteiger partial charge on any atom is -0.488 e. The highest BCUT2D eigenvalue weighted by atomic mass is 19.1. The molecule has 0 amide bonds. The predicted octanol–water partition coefficient (Wildman–Crippen LogP) is 4.92. The largest absolute Gasteiger partial charge is 0.488 e. The van der Waals surface area contributed by atoms with Crippen molar-refractivity contribution in [2.45, 2.75) is 26.5 Å². The number of ether oxygens (including phenoxy) is 2. The van der Waals surface area contributed by atoms with Crippen LogP contribution in [-0.2, 0) is 29.1 Å². The molecule has 0 aliphatic heterocycles. The Bertz CT molecular complexity index is 1300.